The molecular weight excluding hydrogens is 444 g/mol. The highest BCUT2D eigenvalue weighted by atomic mass is 79.9. The van der Waals surface area contributed by atoms with Gasteiger partial charge in [0.2, 0.25) is 5.95 Å². The summed E-state index contributed by atoms with van der Waals surface area (Å²) >= 11 is 3.33. The van der Waals surface area contributed by atoms with Crippen LogP contribution in [0.25, 0.3) is 22.2 Å². The minimum atomic E-state index is -3.94. The summed E-state index contributed by atoms with van der Waals surface area (Å²) in [5, 5.41) is 0.734. The van der Waals surface area contributed by atoms with Crippen molar-refractivity contribution in [2.75, 3.05) is 12.8 Å². The van der Waals surface area contributed by atoms with Gasteiger partial charge in [0.05, 0.1) is 18.3 Å². The molecule has 2 N–H and O–H groups in total. The molecule has 0 saturated heterocycles. The largest absolute Gasteiger partial charge is 0.495 e. The average molecular weight is 459 g/mol. The molecule has 4 aromatic rings. The Morgan fingerprint density at radius 2 is 1.93 bits per heavy atom. The van der Waals surface area contributed by atoms with Gasteiger partial charge in [-0.15, -0.1) is 0 Å². The Labute approximate surface area is 170 Å². The maximum Gasteiger partial charge on any atom is 0.271 e. The molecule has 28 heavy (non-hydrogen) atoms. The van der Waals surface area contributed by atoms with E-state index in [0.29, 0.717) is 21.2 Å². The van der Waals surface area contributed by atoms with Gasteiger partial charge in [0, 0.05) is 27.8 Å². The van der Waals surface area contributed by atoms with Gasteiger partial charge in [0.1, 0.15) is 10.6 Å². The van der Waals surface area contributed by atoms with Crippen LogP contribution < -0.4 is 10.5 Å². The first-order chi connectivity index (χ1) is 13.4. The predicted octanol–water partition coefficient (Wildman–Crippen LogP) is 3.69. The Hall–Kier alpha value is -2.91. The smallest absolute Gasteiger partial charge is 0.271 e. The van der Waals surface area contributed by atoms with Crippen LogP contribution in [0.2, 0.25) is 0 Å². The molecule has 7 nitrogen and oxygen atoms in total. The van der Waals surface area contributed by atoms with Gasteiger partial charge >= 0.3 is 0 Å². The van der Waals surface area contributed by atoms with Crippen LogP contribution in [0.3, 0.4) is 0 Å². The van der Waals surface area contributed by atoms with E-state index in [1.165, 1.54) is 23.3 Å². The number of nitrogens with two attached hydrogens (primary N) is 1. The summed E-state index contributed by atoms with van der Waals surface area (Å²) in [7, 11) is -2.51. The fourth-order valence-corrected chi connectivity index (χ4v) is 5.10. The molecule has 2 aromatic heterocycles. The average Bonchev–Trinajstić information content (AvgIpc) is 3.08. The third-order valence-electron chi connectivity index (χ3n) is 4.29. The highest BCUT2D eigenvalue weighted by molar-refractivity contribution is 9.10. The van der Waals surface area contributed by atoms with Crippen molar-refractivity contribution in [2.24, 2.45) is 0 Å². The second-order valence-electron chi connectivity index (χ2n) is 5.96. The van der Waals surface area contributed by atoms with E-state index in [1.807, 2.05) is 12.1 Å². The summed E-state index contributed by atoms with van der Waals surface area (Å²) in [5.74, 6) is 0.375. The predicted molar refractivity (Wildman–Crippen MR) is 111 cm³/mol. The lowest BCUT2D eigenvalue weighted by Crippen LogP contribution is -2.13. The zero-order valence-corrected chi connectivity index (χ0v) is 17.1. The van der Waals surface area contributed by atoms with Crippen LogP contribution in [0.1, 0.15) is 0 Å². The zero-order chi connectivity index (χ0) is 19.9. The third-order valence-corrected chi connectivity index (χ3v) is 6.48. The van der Waals surface area contributed by atoms with Crippen molar-refractivity contribution in [2.45, 2.75) is 4.90 Å². The molecule has 0 bridgehead atoms. The number of fused-ring (bicyclic) bond motifs is 1. The van der Waals surface area contributed by atoms with E-state index in [2.05, 4.69) is 25.9 Å². The molecule has 0 spiro atoms. The number of nitrogens with zero attached hydrogens (tertiary/aromatic N) is 3. The lowest BCUT2D eigenvalue weighted by atomic mass is 10.1. The number of para-hydroxylation sites is 1. The topological polar surface area (TPSA) is 100 Å². The van der Waals surface area contributed by atoms with E-state index in [0.717, 1.165) is 5.39 Å². The summed E-state index contributed by atoms with van der Waals surface area (Å²) in [4.78, 5) is 8.19. The molecule has 4 rings (SSSR count). The van der Waals surface area contributed by atoms with Crippen molar-refractivity contribution in [3.8, 4) is 17.0 Å². The van der Waals surface area contributed by atoms with Crippen LogP contribution in [0.4, 0.5) is 5.95 Å². The Morgan fingerprint density at radius 3 is 2.68 bits per heavy atom. The van der Waals surface area contributed by atoms with Crippen LogP contribution >= 0.6 is 15.9 Å². The molecule has 2 heterocycles. The minimum absolute atomic E-state index is 0.0545. The van der Waals surface area contributed by atoms with Crippen LogP contribution in [0.5, 0.6) is 5.75 Å². The highest BCUT2D eigenvalue weighted by Crippen LogP contribution is 2.35. The van der Waals surface area contributed by atoms with E-state index in [4.69, 9.17) is 10.5 Å². The van der Waals surface area contributed by atoms with Gasteiger partial charge in [0.25, 0.3) is 10.0 Å². The maximum absolute atomic E-state index is 13.5. The fourth-order valence-electron chi connectivity index (χ4n) is 3.03. The van der Waals surface area contributed by atoms with Crippen LogP contribution in [0, 0.1) is 0 Å². The molecule has 0 aliphatic rings. The third kappa shape index (κ3) is 3.02. The number of ether oxygens (including phenoxy) is 1. The number of nitrogen functional groups attached to an aromatic ring is 1. The summed E-state index contributed by atoms with van der Waals surface area (Å²) in [6.45, 7) is 0. The van der Waals surface area contributed by atoms with Gasteiger partial charge in [-0.25, -0.2) is 22.4 Å². The minimum Gasteiger partial charge on any atom is -0.495 e. The van der Waals surface area contributed by atoms with Gasteiger partial charge < -0.3 is 10.5 Å². The van der Waals surface area contributed by atoms with Gasteiger partial charge in [-0.3, -0.25) is 0 Å². The van der Waals surface area contributed by atoms with Crippen molar-refractivity contribution >= 4 is 42.8 Å². The van der Waals surface area contributed by atoms with E-state index >= 15 is 0 Å². The van der Waals surface area contributed by atoms with Crippen molar-refractivity contribution < 1.29 is 13.2 Å². The number of aromatic nitrogens is 3. The molecule has 0 radical (unpaired) electrons. The Kier molecular flexibility index (Phi) is 4.56. The molecule has 0 atom stereocenters. The number of anilines is 1. The molecule has 2 aromatic carbocycles. The standard InChI is InChI=1S/C19H15BrN4O3S/c1-27-17-7-6-12(20)10-18(17)28(25,26)24-11-14(13-4-2-3-5-16(13)24)15-8-9-22-19(21)23-15/h2-11H,1H3,(H2,21,22,23). The molecule has 0 amide bonds. The van der Waals surface area contributed by atoms with Gasteiger partial charge in [-0.05, 0) is 30.3 Å². The summed E-state index contributed by atoms with van der Waals surface area (Å²) in [5.41, 5.74) is 7.42. The Morgan fingerprint density at radius 1 is 1.14 bits per heavy atom. The number of rotatable bonds is 4. The maximum atomic E-state index is 13.5. The van der Waals surface area contributed by atoms with Crippen molar-refractivity contribution in [3.63, 3.8) is 0 Å². The second kappa shape index (κ2) is 6.92. The first kappa shape index (κ1) is 18.5. The number of hydrogen-bond acceptors (Lipinski definition) is 6. The molecule has 142 valence electrons. The first-order valence-electron chi connectivity index (χ1n) is 8.20. The summed E-state index contributed by atoms with van der Waals surface area (Å²) < 4.78 is 34.1. The quantitative estimate of drug-likeness (QED) is 0.500. The Bertz CT molecular complexity index is 1300. The van der Waals surface area contributed by atoms with E-state index < -0.39 is 10.0 Å². The molecule has 0 saturated carbocycles. The first-order valence-corrected chi connectivity index (χ1v) is 10.4. The lowest BCUT2D eigenvalue weighted by molar-refractivity contribution is 0.402. The van der Waals surface area contributed by atoms with Crippen LogP contribution in [-0.4, -0.2) is 29.5 Å². The zero-order valence-electron chi connectivity index (χ0n) is 14.7. The molecule has 0 unspecified atom stereocenters. The van der Waals surface area contributed by atoms with Gasteiger partial charge in [-0.2, -0.15) is 0 Å². The highest BCUT2D eigenvalue weighted by Gasteiger charge is 2.25. The molecular formula is C19H15BrN4O3S. The number of benzene rings is 2. The van der Waals surface area contributed by atoms with Crippen molar-refractivity contribution in [1.29, 1.82) is 0 Å². The lowest BCUT2D eigenvalue weighted by Gasteiger charge is -2.12. The SMILES string of the molecule is COc1ccc(Br)cc1S(=O)(=O)n1cc(-c2ccnc(N)n2)c2ccccc21. The van der Waals surface area contributed by atoms with Crippen LogP contribution in [-0.2, 0) is 10.0 Å². The van der Waals surface area contributed by atoms with Crippen LogP contribution in [0.15, 0.2) is 70.3 Å². The monoisotopic (exact) mass is 458 g/mol. The second-order valence-corrected chi connectivity index (χ2v) is 8.66. The number of halogens is 1. The van der Waals surface area contributed by atoms with E-state index in [-0.39, 0.29) is 16.6 Å². The Balaban J connectivity index is 2.01. The summed E-state index contributed by atoms with van der Waals surface area (Å²) in [6.07, 6.45) is 3.08. The molecule has 0 aliphatic carbocycles. The number of methoxy groups -OCH3 is 1. The van der Waals surface area contributed by atoms with E-state index in [9.17, 15) is 8.42 Å². The molecule has 0 fully saturated rings. The van der Waals surface area contributed by atoms with Crippen molar-refractivity contribution in [3.05, 3.63) is 65.4 Å². The normalized spacial score (nSPS) is 11.6. The van der Waals surface area contributed by atoms with Crippen molar-refractivity contribution in [1.82, 2.24) is 13.9 Å². The summed E-state index contributed by atoms with van der Waals surface area (Å²) in [6, 6.07) is 13.7. The molecule has 0 aliphatic heterocycles. The van der Waals surface area contributed by atoms with Gasteiger partial charge in [-0.1, -0.05) is 34.1 Å². The van der Waals surface area contributed by atoms with Gasteiger partial charge in [0.15, 0.2) is 0 Å². The number of hydrogen-bond donors (Lipinski definition) is 1. The fraction of sp³-hybridized carbons (Fsp3) is 0.0526. The van der Waals surface area contributed by atoms with E-state index in [1.54, 1.807) is 36.5 Å². The molecule has 9 heteroatoms.